The molecule has 2 fully saturated rings. The summed E-state index contributed by atoms with van der Waals surface area (Å²) < 4.78 is 0. The minimum atomic E-state index is 0.115. The second kappa shape index (κ2) is 3.32. The third-order valence-electron chi connectivity index (χ3n) is 3.47. The summed E-state index contributed by atoms with van der Waals surface area (Å²) in [7, 11) is 0. The van der Waals surface area contributed by atoms with Gasteiger partial charge < -0.3 is 5.73 Å². The monoisotopic (exact) mass is 169 g/mol. The van der Waals surface area contributed by atoms with Crippen molar-refractivity contribution in [2.75, 3.05) is 0 Å². The highest BCUT2D eigenvalue weighted by Gasteiger charge is 2.35. The molecular weight excluding hydrogens is 150 g/mol. The molecule has 0 aromatic rings. The second-order valence-corrected chi connectivity index (χ2v) is 4.20. The Bertz CT molecular complexity index is 158. The fourth-order valence-electron chi connectivity index (χ4n) is 2.70. The molecule has 1 saturated carbocycles. The van der Waals surface area contributed by atoms with Crippen LogP contribution in [0.5, 0.6) is 0 Å². The van der Waals surface area contributed by atoms with E-state index in [9.17, 15) is 0 Å². The van der Waals surface area contributed by atoms with Gasteiger partial charge >= 0.3 is 0 Å². The molecule has 0 spiro atoms. The number of hydrogen-bond donors (Lipinski definition) is 2. The molecule has 1 aliphatic carbocycles. The second-order valence-electron chi connectivity index (χ2n) is 4.20. The number of hydrogen-bond acceptors (Lipinski definition) is 3. The van der Waals surface area contributed by atoms with Crippen molar-refractivity contribution in [2.24, 2.45) is 17.5 Å². The zero-order valence-electron chi connectivity index (χ0n) is 7.58. The van der Waals surface area contributed by atoms with Gasteiger partial charge in [-0.05, 0) is 31.6 Å². The normalized spacial score (nSPS) is 44.0. The molecule has 0 aromatic carbocycles. The Morgan fingerprint density at radius 3 is 2.58 bits per heavy atom. The fraction of sp³-hybridized carbons (Fsp3) is 1.00. The summed E-state index contributed by atoms with van der Waals surface area (Å²) in [5.41, 5.74) is 5.89. The molecule has 4 N–H and O–H groups in total. The van der Waals surface area contributed by atoms with Crippen LogP contribution in [0.15, 0.2) is 0 Å². The highest BCUT2D eigenvalue weighted by molar-refractivity contribution is 4.87. The van der Waals surface area contributed by atoms with Crippen molar-refractivity contribution >= 4 is 0 Å². The molecule has 0 bridgehead atoms. The van der Waals surface area contributed by atoms with Gasteiger partial charge in [0.05, 0.1) is 6.17 Å². The molecule has 0 aromatic heterocycles. The van der Waals surface area contributed by atoms with Gasteiger partial charge in [0, 0.05) is 6.04 Å². The Morgan fingerprint density at radius 2 is 1.75 bits per heavy atom. The van der Waals surface area contributed by atoms with Crippen LogP contribution in [0.2, 0.25) is 0 Å². The van der Waals surface area contributed by atoms with Crippen LogP contribution in [0.1, 0.15) is 38.5 Å². The van der Waals surface area contributed by atoms with Crippen LogP contribution in [-0.4, -0.2) is 17.2 Å². The first-order chi connectivity index (χ1) is 5.79. The maximum atomic E-state index is 5.94. The molecule has 1 saturated heterocycles. The van der Waals surface area contributed by atoms with E-state index in [0.29, 0.717) is 6.04 Å². The van der Waals surface area contributed by atoms with Crippen molar-refractivity contribution in [3.8, 4) is 0 Å². The number of piperidine rings is 1. The summed E-state index contributed by atoms with van der Waals surface area (Å²) in [4.78, 5) is 0. The van der Waals surface area contributed by atoms with Crippen molar-refractivity contribution < 1.29 is 0 Å². The van der Waals surface area contributed by atoms with Crippen molar-refractivity contribution in [2.45, 2.75) is 50.7 Å². The molecule has 3 heteroatoms. The van der Waals surface area contributed by atoms with Crippen molar-refractivity contribution in [1.82, 2.24) is 5.01 Å². The lowest BCUT2D eigenvalue weighted by Gasteiger charge is -2.44. The first kappa shape index (κ1) is 8.48. The smallest absolute Gasteiger partial charge is 0.0708 e. The SMILES string of the molecule is NC1CCC2CCCCC2N1N. The lowest BCUT2D eigenvalue weighted by molar-refractivity contribution is 0.0168. The van der Waals surface area contributed by atoms with Gasteiger partial charge in [-0.25, -0.2) is 5.01 Å². The Labute approximate surface area is 74.1 Å². The van der Waals surface area contributed by atoms with Gasteiger partial charge in [0.25, 0.3) is 0 Å². The van der Waals surface area contributed by atoms with Gasteiger partial charge in [-0.2, -0.15) is 0 Å². The standard InChI is InChI=1S/C9H19N3/c10-9-6-5-7-3-1-2-4-8(7)12(9)11/h7-9H,1-6,10-11H2. The molecule has 2 rings (SSSR count). The summed E-state index contributed by atoms with van der Waals surface area (Å²) >= 11 is 0. The van der Waals surface area contributed by atoms with Crippen molar-refractivity contribution in [3.63, 3.8) is 0 Å². The summed E-state index contributed by atoms with van der Waals surface area (Å²) in [6.07, 6.45) is 7.84. The van der Waals surface area contributed by atoms with Gasteiger partial charge in [-0.1, -0.05) is 12.8 Å². The van der Waals surface area contributed by atoms with Crippen LogP contribution in [-0.2, 0) is 0 Å². The Balaban J connectivity index is 2.03. The third kappa shape index (κ3) is 1.37. The largest absolute Gasteiger partial charge is 0.315 e. The summed E-state index contributed by atoms with van der Waals surface area (Å²) in [5, 5.41) is 1.91. The average Bonchev–Trinajstić information content (AvgIpc) is 2.12. The third-order valence-corrected chi connectivity index (χ3v) is 3.47. The molecule has 1 heterocycles. The number of nitrogens with zero attached hydrogens (tertiary/aromatic N) is 1. The number of hydrazine groups is 1. The van der Waals surface area contributed by atoms with Crippen LogP contribution in [0.4, 0.5) is 0 Å². The number of fused-ring (bicyclic) bond motifs is 1. The first-order valence-electron chi connectivity index (χ1n) is 5.07. The lowest BCUT2D eigenvalue weighted by atomic mass is 9.78. The Morgan fingerprint density at radius 1 is 1.00 bits per heavy atom. The molecule has 0 radical (unpaired) electrons. The lowest BCUT2D eigenvalue weighted by Crippen LogP contribution is -2.59. The van der Waals surface area contributed by atoms with E-state index in [4.69, 9.17) is 11.6 Å². The Kier molecular flexibility index (Phi) is 2.35. The van der Waals surface area contributed by atoms with Crippen LogP contribution >= 0.6 is 0 Å². The van der Waals surface area contributed by atoms with E-state index in [1.165, 1.54) is 32.1 Å². The van der Waals surface area contributed by atoms with E-state index in [0.717, 1.165) is 12.3 Å². The minimum Gasteiger partial charge on any atom is -0.315 e. The van der Waals surface area contributed by atoms with E-state index < -0.39 is 0 Å². The van der Waals surface area contributed by atoms with Crippen molar-refractivity contribution in [1.29, 1.82) is 0 Å². The maximum absolute atomic E-state index is 5.94. The summed E-state index contributed by atoms with van der Waals surface area (Å²) in [6, 6.07) is 0.586. The van der Waals surface area contributed by atoms with E-state index in [2.05, 4.69) is 0 Å². The quantitative estimate of drug-likeness (QED) is 0.527. The van der Waals surface area contributed by atoms with Gasteiger partial charge in [0.15, 0.2) is 0 Å². The number of nitrogens with two attached hydrogens (primary N) is 2. The minimum absolute atomic E-state index is 0.115. The van der Waals surface area contributed by atoms with Crippen LogP contribution in [0, 0.1) is 5.92 Å². The Hall–Kier alpha value is -0.120. The molecular formula is C9H19N3. The van der Waals surface area contributed by atoms with Crippen molar-refractivity contribution in [3.05, 3.63) is 0 Å². The van der Waals surface area contributed by atoms with E-state index in [-0.39, 0.29) is 6.17 Å². The van der Waals surface area contributed by atoms with E-state index in [1.54, 1.807) is 0 Å². The molecule has 2 aliphatic rings. The molecule has 3 unspecified atom stereocenters. The topological polar surface area (TPSA) is 55.3 Å². The predicted molar refractivity (Wildman–Crippen MR) is 49.0 cm³/mol. The average molecular weight is 169 g/mol. The maximum Gasteiger partial charge on any atom is 0.0708 e. The summed E-state index contributed by atoms with van der Waals surface area (Å²) in [5.74, 6) is 6.78. The molecule has 70 valence electrons. The fourth-order valence-corrected chi connectivity index (χ4v) is 2.70. The van der Waals surface area contributed by atoms with Gasteiger partial charge in [0.2, 0.25) is 0 Å². The first-order valence-corrected chi connectivity index (χ1v) is 5.07. The van der Waals surface area contributed by atoms with Crippen LogP contribution < -0.4 is 11.6 Å². The molecule has 3 nitrogen and oxygen atoms in total. The van der Waals surface area contributed by atoms with Crippen LogP contribution in [0.25, 0.3) is 0 Å². The molecule has 0 amide bonds. The molecule has 3 atom stereocenters. The van der Waals surface area contributed by atoms with Crippen LogP contribution in [0.3, 0.4) is 0 Å². The highest BCUT2D eigenvalue weighted by Crippen LogP contribution is 2.34. The molecule has 12 heavy (non-hydrogen) atoms. The predicted octanol–water partition coefficient (Wildman–Crippen LogP) is 0.799. The van der Waals surface area contributed by atoms with E-state index in [1.807, 2.05) is 5.01 Å². The summed E-state index contributed by atoms with van der Waals surface area (Å²) in [6.45, 7) is 0. The zero-order valence-corrected chi connectivity index (χ0v) is 7.58. The zero-order chi connectivity index (χ0) is 8.55. The van der Waals surface area contributed by atoms with E-state index >= 15 is 0 Å². The number of rotatable bonds is 0. The van der Waals surface area contributed by atoms with Gasteiger partial charge in [0.1, 0.15) is 0 Å². The van der Waals surface area contributed by atoms with Gasteiger partial charge in [-0.15, -0.1) is 0 Å². The molecule has 1 aliphatic heterocycles. The highest BCUT2D eigenvalue weighted by atomic mass is 15.5. The van der Waals surface area contributed by atoms with Gasteiger partial charge in [-0.3, -0.25) is 5.84 Å².